The molecule has 0 saturated carbocycles. The number of rotatable bonds is 6. The van der Waals surface area contributed by atoms with Gasteiger partial charge in [0.15, 0.2) is 5.13 Å². The second-order valence-electron chi connectivity index (χ2n) is 5.81. The highest BCUT2D eigenvalue weighted by atomic mass is 32.2. The maximum atomic E-state index is 12.5. The molecular formula is C19H17N3O5S2. The molecule has 0 aliphatic rings. The Morgan fingerprint density at radius 2 is 1.76 bits per heavy atom. The molecule has 0 aliphatic heterocycles. The van der Waals surface area contributed by atoms with Gasteiger partial charge in [0.05, 0.1) is 17.2 Å². The van der Waals surface area contributed by atoms with E-state index in [0.29, 0.717) is 11.3 Å². The second kappa shape index (κ2) is 8.52. The van der Waals surface area contributed by atoms with Crippen LogP contribution in [0.5, 0.6) is 0 Å². The summed E-state index contributed by atoms with van der Waals surface area (Å²) in [5.41, 5.74) is 1.34. The van der Waals surface area contributed by atoms with Gasteiger partial charge in [-0.25, -0.2) is 23.3 Å². The Morgan fingerprint density at radius 3 is 2.34 bits per heavy atom. The van der Waals surface area contributed by atoms with Crippen LogP contribution in [0.3, 0.4) is 0 Å². The molecule has 0 aliphatic carbocycles. The SMILES string of the molecule is CCOC(=O)c1sc(NC(=O)c2ccc(S(N)(=O)=O)cc2)nc1-c1ccccc1. The summed E-state index contributed by atoms with van der Waals surface area (Å²) in [6.45, 7) is 1.91. The van der Waals surface area contributed by atoms with E-state index in [1.165, 1.54) is 24.3 Å². The molecule has 0 saturated heterocycles. The lowest BCUT2D eigenvalue weighted by Crippen LogP contribution is -2.14. The minimum absolute atomic E-state index is 0.0979. The Bertz CT molecular complexity index is 1140. The molecule has 3 aromatic rings. The highest BCUT2D eigenvalue weighted by Gasteiger charge is 2.22. The quantitative estimate of drug-likeness (QED) is 0.578. The van der Waals surface area contributed by atoms with Crippen LogP contribution in [0, 0.1) is 0 Å². The van der Waals surface area contributed by atoms with Crippen LogP contribution in [0.25, 0.3) is 11.3 Å². The molecule has 150 valence electrons. The summed E-state index contributed by atoms with van der Waals surface area (Å²) in [7, 11) is -3.85. The number of nitrogens with zero attached hydrogens (tertiary/aromatic N) is 1. The van der Waals surface area contributed by atoms with Gasteiger partial charge in [-0.2, -0.15) is 0 Å². The summed E-state index contributed by atoms with van der Waals surface area (Å²) in [5.74, 6) is -1.03. The van der Waals surface area contributed by atoms with Crippen molar-refractivity contribution in [3.63, 3.8) is 0 Å². The van der Waals surface area contributed by atoms with Gasteiger partial charge in [0, 0.05) is 11.1 Å². The lowest BCUT2D eigenvalue weighted by atomic mass is 10.1. The number of thiazole rings is 1. The van der Waals surface area contributed by atoms with Gasteiger partial charge in [-0.1, -0.05) is 41.7 Å². The second-order valence-corrected chi connectivity index (χ2v) is 8.37. The summed E-state index contributed by atoms with van der Waals surface area (Å²) in [5, 5.41) is 7.89. The molecule has 10 heteroatoms. The lowest BCUT2D eigenvalue weighted by molar-refractivity contribution is 0.0532. The van der Waals surface area contributed by atoms with Crippen molar-refractivity contribution >= 4 is 38.4 Å². The zero-order valence-corrected chi connectivity index (χ0v) is 16.9. The zero-order chi connectivity index (χ0) is 21.0. The fourth-order valence-corrected chi connectivity index (χ4v) is 3.86. The van der Waals surface area contributed by atoms with Gasteiger partial charge in [0.25, 0.3) is 5.91 Å². The third-order valence-corrected chi connectivity index (χ3v) is 5.68. The fourth-order valence-electron chi connectivity index (χ4n) is 2.47. The monoisotopic (exact) mass is 431 g/mol. The molecule has 8 nitrogen and oxygen atoms in total. The Kier molecular flexibility index (Phi) is 6.06. The standard InChI is InChI=1S/C19H17N3O5S2/c1-2-27-18(24)16-15(12-6-4-3-5-7-12)21-19(28-16)22-17(23)13-8-10-14(11-9-13)29(20,25)26/h3-11H,2H2,1H3,(H2,20,25,26)(H,21,22,23). The summed E-state index contributed by atoms with van der Waals surface area (Å²) >= 11 is 0.999. The number of ether oxygens (including phenoxy) is 1. The number of anilines is 1. The van der Waals surface area contributed by atoms with Crippen LogP contribution in [-0.2, 0) is 14.8 Å². The number of aromatic nitrogens is 1. The Labute approximate surface area is 171 Å². The first-order chi connectivity index (χ1) is 13.8. The van der Waals surface area contributed by atoms with Crippen LogP contribution in [-0.4, -0.2) is 31.9 Å². The number of amides is 1. The Hall–Kier alpha value is -3.08. The van der Waals surface area contributed by atoms with E-state index in [0.717, 1.165) is 11.3 Å². The largest absolute Gasteiger partial charge is 0.462 e. The van der Waals surface area contributed by atoms with Gasteiger partial charge in [-0.15, -0.1) is 0 Å². The van der Waals surface area contributed by atoms with E-state index in [-0.39, 0.29) is 27.1 Å². The van der Waals surface area contributed by atoms with E-state index in [9.17, 15) is 18.0 Å². The van der Waals surface area contributed by atoms with Crippen LogP contribution >= 0.6 is 11.3 Å². The van der Waals surface area contributed by atoms with Gasteiger partial charge >= 0.3 is 5.97 Å². The first-order valence-electron chi connectivity index (χ1n) is 8.47. The van der Waals surface area contributed by atoms with Gasteiger partial charge in [0.2, 0.25) is 10.0 Å². The number of carbonyl (C=O) groups excluding carboxylic acids is 2. The lowest BCUT2D eigenvalue weighted by Gasteiger charge is -2.03. The Balaban J connectivity index is 1.89. The number of benzene rings is 2. The molecule has 1 amide bonds. The highest BCUT2D eigenvalue weighted by Crippen LogP contribution is 2.32. The molecule has 29 heavy (non-hydrogen) atoms. The van der Waals surface area contributed by atoms with E-state index >= 15 is 0 Å². The van der Waals surface area contributed by atoms with Crippen LogP contribution in [0.2, 0.25) is 0 Å². The van der Waals surface area contributed by atoms with Crippen molar-refractivity contribution in [2.45, 2.75) is 11.8 Å². The molecular weight excluding hydrogens is 414 g/mol. The first-order valence-corrected chi connectivity index (χ1v) is 10.8. The van der Waals surface area contributed by atoms with E-state index in [2.05, 4.69) is 10.3 Å². The molecule has 0 bridgehead atoms. The number of hydrogen-bond donors (Lipinski definition) is 2. The highest BCUT2D eigenvalue weighted by molar-refractivity contribution is 7.89. The number of carbonyl (C=O) groups is 2. The van der Waals surface area contributed by atoms with E-state index < -0.39 is 21.9 Å². The van der Waals surface area contributed by atoms with Crippen molar-refractivity contribution in [1.82, 2.24) is 4.98 Å². The molecule has 3 N–H and O–H groups in total. The molecule has 0 atom stereocenters. The van der Waals surface area contributed by atoms with Crippen molar-refractivity contribution in [3.8, 4) is 11.3 Å². The predicted octanol–water partition coefficient (Wildman–Crippen LogP) is 2.89. The van der Waals surface area contributed by atoms with Crippen molar-refractivity contribution in [2.75, 3.05) is 11.9 Å². The van der Waals surface area contributed by atoms with Crippen LogP contribution in [0.1, 0.15) is 27.0 Å². The molecule has 0 unspecified atom stereocenters. The van der Waals surface area contributed by atoms with Crippen molar-refractivity contribution in [2.24, 2.45) is 5.14 Å². The summed E-state index contributed by atoms with van der Waals surface area (Å²) in [6, 6.07) is 14.2. The average Bonchev–Trinajstić information content (AvgIpc) is 3.12. The first kappa shape index (κ1) is 20.6. The number of nitrogens with two attached hydrogens (primary N) is 1. The zero-order valence-electron chi connectivity index (χ0n) is 15.3. The van der Waals surface area contributed by atoms with E-state index in [4.69, 9.17) is 9.88 Å². The van der Waals surface area contributed by atoms with E-state index in [1.54, 1.807) is 19.1 Å². The van der Waals surface area contributed by atoms with Crippen molar-refractivity contribution in [1.29, 1.82) is 0 Å². The molecule has 1 heterocycles. The normalized spacial score (nSPS) is 11.1. The summed E-state index contributed by atoms with van der Waals surface area (Å²) < 4.78 is 27.7. The molecule has 2 aromatic carbocycles. The Morgan fingerprint density at radius 1 is 1.10 bits per heavy atom. The summed E-state index contributed by atoms with van der Waals surface area (Å²) in [4.78, 5) is 29.3. The third kappa shape index (κ3) is 4.86. The van der Waals surface area contributed by atoms with Crippen LogP contribution in [0.4, 0.5) is 5.13 Å². The molecule has 0 spiro atoms. The molecule has 0 radical (unpaired) electrons. The fraction of sp³-hybridized carbons (Fsp3) is 0.105. The minimum Gasteiger partial charge on any atom is -0.462 e. The van der Waals surface area contributed by atoms with Crippen molar-refractivity contribution < 1.29 is 22.7 Å². The number of hydrogen-bond acceptors (Lipinski definition) is 7. The van der Waals surface area contributed by atoms with Gasteiger partial charge < -0.3 is 4.74 Å². The average molecular weight is 431 g/mol. The van der Waals surface area contributed by atoms with E-state index in [1.807, 2.05) is 18.2 Å². The number of primary sulfonamides is 1. The number of nitrogens with one attached hydrogen (secondary N) is 1. The number of sulfonamides is 1. The maximum absolute atomic E-state index is 12.5. The van der Waals surface area contributed by atoms with Crippen LogP contribution < -0.4 is 10.5 Å². The van der Waals surface area contributed by atoms with Gasteiger partial charge in [0.1, 0.15) is 4.88 Å². The predicted molar refractivity (Wildman–Crippen MR) is 109 cm³/mol. The van der Waals surface area contributed by atoms with Crippen molar-refractivity contribution in [3.05, 3.63) is 65.0 Å². The molecule has 0 fully saturated rings. The molecule has 1 aromatic heterocycles. The maximum Gasteiger partial charge on any atom is 0.350 e. The van der Waals surface area contributed by atoms with Gasteiger partial charge in [-0.05, 0) is 31.2 Å². The smallest absolute Gasteiger partial charge is 0.350 e. The van der Waals surface area contributed by atoms with Crippen LogP contribution in [0.15, 0.2) is 59.5 Å². The molecule has 3 rings (SSSR count). The minimum atomic E-state index is -3.85. The topological polar surface area (TPSA) is 128 Å². The number of esters is 1. The third-order valence-electron chi connectivity index (χ3n) is 3.80. The summed E-state index contributed by atoms with van der Waals surface area (Å²) in [6.07, 6.45) is 0. The van der Waals surface area contributed by atoms with Gasteiger partial charge in [-0.3, -0.25) is 10.1 Å².